The summed E-state index contributed by atoms with van der Waals surface area (Å²) in [6, 6.07) is 3.31. The van der Waals surface area contributed by atoms with Crippen LogP contribution in [-0.4, -0.2) is 25.1 Å². The summed E-state index contributed by atoms with van der Waals surface area (Å²) in [5, 5.41) is 11.7. The van der Waals surface area contributed by atoms with Crippen molar-refractivity contribution in [3.8, 4) is 11.5 Å². The molecule has 0 saturated heterocycles. The fourth-order valence-electron chi connectivity index (χ4n) is 1.17. The molecule has 0 atom stereocenters. The molecule has 82 valence electrons. The molecular weight excluding hydrogens is 218 g/mol. The lowest BCUT2D eigenvalue weighted by molar-refractivity contribution is 0.311. The number of nitrogens with zero attached hydrogens (tertiary/aromatic N) is 1. The first-order valence-corrected chi connectivity index (χ1v) is 4.78. The third-order valence-corrected chi connectivity index (χ3v) is 2.03. The third kappa shape index (κ3) is 2.76. The van der Waals surface area contributed by atoms with Gasteiger partial charge in [-0.05, 0) is 19.1 Å². The number of hydrogen-bond acceptors (Lipinski definition) is 4. The highest BCUT2D eigenvalue weighted by atomic mass is 35.5. The molecule has 0 spiro atoms. The number of methoxy groups -OCH3 is 1. The van der Waals surface area contributed by atoms with Crippen LogP contribution in [0.5, 0.6) is 11.5 Å². The molecule has 0 radical (unpaired) electrons. The quantitative estimate of drug-likeness (QED) is 0.490. The summed E-state index contributed by atoms with van der Waals surface area (Å²) >= 11 is 5.98. The summed E-state index contributed by atoms with van der Waals surface area (Å²) in [6.45, 7) is 2.36. The summed E-state index contributed by atoms with van der Waals surface area (Å²) < 4.78 is 10.4. The summed E-state index contributed by atoms with van der Waals surface area (Å²) in [6.07, 6.45) is 1.27. The van der Waals surface area contributed by atoms with E-state index in [2.05, 4.69) is 5.16 Å². The second kappa shape index (κ2) is 5.46. The van der Waals surface area contributed by atoms with Crippen molar-refractivity contribution in [3.63, 3.8) is 0 Å². The first-order chi connectivity index (χ1) is 7.22. The number of ether oxygens (including phenoxy) is 2. The van der Waals surface area contributed by atoms with E-state index in [0.29, 0.717) is 28.7 Å². The Kier molecular flexibility index (Phi) is 4.24. The molecule has 0 bridgehead atoms. The van der Waals surface area contributed by atoms with Gasteiger partial charge in [0.2, 0.25) is 0 Å². The lowest BCUT2D eigenvalue weighted by Crippen LogP contribution is -1.97. The predicted octanol–water partition coefficient (Wildman–Crippen LogP) is 2.56. The second-order valence-corrected chi connectivity index (χ2v) is 3.12. The Bertz CT molecular complexity index is 366. The lowest BCUT2D eigenvalue weighted by atomic mass is 10.2. The van der Waals surface area contributed by atoms with Gasteiger partial charge in [0.05, 0.1) is 25.0 Å². The molecule has 1 aromatic rings. The van der Waals surface area contributed by atoms with E-state index in [-0.39, 0.29) is 0 Å². The summed E-state index contributed by atoms with van der Waals surface area (Å²) in [7, 11) is 1.52. The van der Waals surface area contributed by atoms with Gasteiger partial charge in [0.15, 0.2) is 11.5 Å². The molecule has 4 nitrogen and oxygen atoms in total. The molecule has 0 aliphatic carbocycles. The van der Waals surface area contributed by atoms with Gasteiger partial charge in [-0.3, -0.25) is 0 Å². The minimum atomic E-state index is 0.422. The Hall–Kier alpha value is -1.42. The Balaban J connectivity index is 3.17. The van der Waals surface area contributed by atoms with Crippen molar-refractivity contribution in [2.45, 2.75) is 6.92 Å². The smallest absolute Gasteiger partial charge is 0.179 e. The van der Waals surface area contributed by atoms with Gasteiger partial charge in [-0.2, -0.15) is 0 Å². The fourth-order valence-corrected chi connectivity index (χ4v) is 1.44. The Morgan fingerprint density at radius 1 is 1.53 bits per heavy atom. The minimum absolute atomic E-state index is 0.422. The van der Waals surface area contributed by atoms with Crippen molar-refractivity contribution >= 4 is 17.8 Å². The lowest BCUT2D eigenvalue weighted by Gasteiger charge is -2.11. The zero-order chi connectivity index (χ0) is 11.3. The Morgan fingerprint density at radius 2 is 2.27 bits per heavy atom. The number of oxime groups is 1. The van der Waals surface area contributed by atoms with E-state index >= 15 is 0 Å². The Labute approximate surface area is 93.1 Å². The van der Waals surface area contributed by atoms with E-state index in [1.165, 1.54) is 13.3 Å². The zero-order valence-electron chi connectivity index (χ0n) is 8.53. The van der Waals surface area contributed by atoms with Crippen LogP contribution in [-0.2, 0) is 0 Å². The van der Waals surface area contributed by atoms with Crippen LogP contribution in [0.2, 0.25) is 5.02 Å². The van der Waals surface area contributed by atoms with Crippen LogP contribution in [0, 0.1) is 0 Å². The molecule has 0 saturated carbocycles. The normalized spacial score (nSPS) is 10.6. The van der Waals surface area contributed by atoms with E-state index in [1.54, 1.807) is 12.1 Å². The number of halogens is 1. The Morgan fingerprint density at radius 3 is 2.80 bits per heavy atom. The molecule has 1 aromatic carbocycles. The van der Waals surface area contributed by atoms with Crippen LogP contribution >= 0.6 is 11.6 Å². The van der Waals surface area contributed by atoms with Crippen LogP contribution in [0.1, 0.15) is 12.5 Å². The zero-order valence-corrected chi connectivity index (χ0v) is 9.28. The van der Waals surface area contributed by atoms with Gasteiger partial charge < -0.3 is 14.7 Å². The third-order valence-electron chi connectivity index (χ3n) is 1.75. The molecule has 1 N–H and O–H groups in total. The van der Waals surface area contributed by atoms with Crippen LogP contribution in [0.3, 0.4) is 0 Å². The summed E-state index contributed by atoms with van der Waals surface area (Å²) in [5.74, 6) is 1.01. The highest BCUT2D eigenvalue weighted by Gasteiger charge is 2.10. The largest absolute Gasteiger partial charge is 0.493 e. The van der Waals surface area contributed by atoms with Crippen LogP contribution in [0.15, 0.2) is 17.3 Å². The molecule has 0 unspecified atom stereocenters. The second-order valence-electron chi connectivity index (χ2n) is 2.71. The highest BCUT2D eigenvalue weighted by molar-refractivity contribution is 6.32. The molecule has 0 amide bonds. The van der Waals surface area contributed by atoms with E-state index in [0.717, 1.165) is 0 Å². The molecule has 1 rings (SSSR count). The highest BCUT2D eigenvalue weighted by Crippen LogP contribution is 2.35. The van der Waals surface area contributed by atoms with Crippen LogP contribution in [0.25, 0.3) is 0 Å². The first kappa shape index (κ1) is 11.7. The summed E-state index contributed by atoms with van der Waals surface area (Å²) in [4.78, 5) is 0. The van der Waals surface area contributed by atoms with Crippen molar-refractivity contribution in [1.29, 1.82) is 0 Å². The van der Waals surface area contributed by atoms with E-state index < -0.39 is 0 Å². The molecule has 0 aliphatic heterocycles. The van der Waals surface area contributed by atoms with Gasteiger partial charge in [-0.25, -0.2) is 0 Å². The van der Waals surface area contributed by atoms with E-state index in [1.807, 2.05) is 6.92 Å². The van der Waals surface area contributed by atoms with Crippen LogP contribution < -0.4 is 9.47 Å². The predicted molar refractivity (Wildman–Crippen MR) is 58.6 cm³/mol. The molecule has 0 aromatic heterocycles. The van der Waals surface area contributed by atoms with Crippen molar-refractivity contribution in [1.82, 2.24) is 0 Å². The van der Waals surface area contributed by atoms with E-state index in [9.17, 15) is 0 Å². The maximum absolute atomic E-state index is 8.40. The van der Waals surface area contributed by atoms with Crippen molar-refractivity contribution in [2.24, 2.45) is 5.16 Å². The van der Waals surface area contributed by atoms with Crippen molar-refractivity contribution in [2.75, 3.05) is 13.7 Å². The standard InChI is InChI=1S/C10H12ClNO3/c1-3-15-10-8(11)4-7(6-12-13)5-9(10)14-2/h4-6,13H,3H2,1-2H3/b12-6+. The monoisotopic (exact) mass is 229 g/mol. The van der Waals surface area contributed by atoms with Gasteiger partial charge in [0.1, 0.15) is 0 Å². The average Bonchev–Trinajstić information content (AvgIpc) is 2.22. The fraction of sp³-hybridized carbons (Fsp3) is 0.300. The number of hydrogen-bond donors (Lipinski definition) is 1. The SMILES string of the molecule is CCOc1c(Cl)cc(/C=N/O)cc1OC. The molecule has 15 heavy (non-hydrogen) atoms. The van der Waals surface area contributed by atoms with Crippen LogP contribution in [0.4, 0.5) is 0 Å². The number of benzene rings is 1. The minimum Gasteiger partial charge on any atom is -0.493 e. The van der Waals surface area contributed by atoms with Gasteiger partial charge >= 0.3 is 0 Å². The molecule has 0 aliphatic rings. The van der Waals surface area contributed by atoms with Crippen molar-refractivity contribution < 1.29 is 14.7 Å². The van der Waals surface area contributed by atoms with Gasteiger partial charge in [-0.15, -0.1) is 0 Å². The molecular formula is C10H12ClNO3. The molecule has 0 fully saturated rings. The van der Waals surface area contributed by atoms with Crippen molar-refractivity contribution in [3.05, 3.63) is 22.7 Å². The first-order valence-electron chi connectivity index (χ1n) is 4.40. The topological polar surface area (TPSA) is 51.0 Å². The molecule has 0 heterocycles. The maximum atomic E-state index is 8.40. The maximum Gasteiger partial charge on any atom is 0.179 e. The average molecular weight is 230 g/mol. The van der Waals surface area contributed by atoms with E-state index in [4.69, 9.17) is 26.3 Å². The van der Waals surface area contributed by atoms with Gasteiger partial charge in [0.25, 0.3) is 0 Å². The van der Waals surface area contributed by atoms with Gasteiger partial charge in [-0.1, -0.05) is 16.8 Å². The summed E-state index contributed by atoms with van der Waals surface area (Å²) in [5.41, 5.74) is 0.641. The molecule has 5 heteroatoms. The van der Waals surface area contributed by atoms with Gasteiger partial charge in [0, 0.05) is 5.56 Å². The number of rotatable bonds is 4.